The van der Waals surface area contributed by atoms with Crippen molar-refractivity contribution in [1.82, 2.24) is 0 Å². The molecule has 0 bridgehead atoms. The van der Waals surface area contributed by atoms with Crippen molar-refractivity contribution in [3.63, 3.8) is 0 Å². The summed E-state index contributed by atoms with van der Waals surface area (Å²) in [5.74, 6) is 3.36. The van der Waals surface area contributed by atoms with Gasteiger partial charge < -0.3 is 5.11 Å². The maximum atomic E-state index is 9.80. The number of fused-ring (bicyclic) bond motifs is 5. The molecule has 0 spiro atoms. The molecule has 3 fully saturated rings. The quantitative estimate of drug-likeness (QED) is 0.677. The van der Waals surface area contributed by atoms with E-state index in [1.165, 1.54) is 57.8 Å². The topological polar surface area (TPSA) is 20.2 Å². The van der Waals surface area contributed by atoms with Gasteiger partial charge >= 0.3 is 0 Å². The predicted octanol–water partition coefficient (Wildman–Crippen LogP) is 4.95. The number of hydrogen-bond acceptors (Lipinski definition) is 1. The SMILES string of the molecule is C[C@]12CC[C@H]3[C@@H](CCC4=CCCC[C@@]43C)[C@@H]1CC[C@@H]2CO. The summed E-state index contributed by atoms with van der Waals surface area (Å²) in [4.78, 5) is 0. The minimum absolute atomic E-state index is 0.423. The van der Waals surface area contributed by atoms with Gasteiger partial charge in [0.05, 0.1) is 0 Å². The van der Waals surface area contributed by atoms with Crippen molar-refractivity contribution in [3.05, 3.63) is 11.6 Å². The van der Waals surface area contributed by atoms with Gasteiger partial charge in [0.2, 0.25) is 0 Å². The second-order valence-electron chi connectivity index (χ2n) is 8.96. The largest absolute Gasteiger partial charge is 0.396 e. The molecule has 0 aromatic heterocycles. The zero-order valence-corrected chi connectivity index (χ0v) is 13.9. The lowest BCUT2D eigenvalue weighted by Gasteiger charge is -2.58. The van der Waals surface area contributed by atoms with Crippen LogP contribution in [0.5, 0.6) is 0 Å². The van der Waals surface area contributed by atoms with Gasteiger partial charge in [0.1, 0.15) is 0 Å². The number of hydrogen-bond donors (Lipinski definition) is 1. The molecule has 21 heavy (non-hydrogen) atoms. The number of aliphatic hydroxyl groups is 1. The van der Waals surface area contributed by atoms with Crippen LogP contribution in [0.1, 0.15) is 71.6 Å². The molecule has 118 valence electrons. The van der Waals surface area contributed by atoms with Crippen LogP contribution in [-0.4, -0.2) is 11.7 Å². The predicted molar refractivity (Wildman–Crippen MR) is 86.9 cm³/mol. The first-order chi connectivity index (χ1) is 10.1. The minimum atomic E-state index is 0.423. The van der Waals surface area contributed by atoms with Crippen molar-refractivity contribution in [1.29, 1.82) is 0 Å². The van der Waals surface area contributed by atoms with Gasteiger partial charge in [0.25, 0.3) is 0 Å². The molecule has 4 aliphatic carbocycles. The van der Waals surface area contributed by atoms with E-state index in [1.807, 2.05) is 5.57 Å². The molecule has 6 atom stereocenters. The number of allylic oxidation sites excluding steroid dienone is 2. The maximum Gasteiger partial charge on any atom is 0.0464 e. The molecule has 0 aliphatic heterocycles. The normalized spacial score (nSPS) is 52.6. The molecule has 4 aliphatic rings. The van der Waals surface area contributed by atoms with Crippen molar-refractivity contribution in [2.45, 2.75) is 71.6 Å². The fraction of sp³-hybridized carbons (Fsp3) is 0.900. The van der Waals surface area contributed by atoms with Gasteiger partial charge in [-0.05, 0) is 92.3 Å². The molecule has 0 unspecified atom stereocenters. The summed E-state index contributed by atoms with van der Waals surface area (Å²) in [5, 5.41) is 9.80. The van der Waals surface area contributed by atoms with Crippen LogP contribution in [-0.2, 0) is 0 Å². The van der Waals surface area contributed by atoms with E-state index in [4.69, 9.17) is 0 Å². The maximum absolute atomic E-state index is 9.80. The summed E-state index contributed by atoms with van der Waals surface area (Å²) >= 11 is 0. The van der Waals surface area contributed by atoms with E-state index in [0.29, 0.717) is 23.4 Å². The minimum Gasteiger partial charge on any atom is -0.396 e. The molecular formula is C20H32O. The molecule has 1 heteroatoms. The lowest BCUT2D eigenvalue weighted by molar-refractivity contribution is -0.0580. The molecule has 0 heterocycles. The Balaban J connectivity index is 1.66. The molecule has 0 amide bonds. The molecule has 1 nitrogen and oxygen atoms in total. The smallest absolute Gasteiger partial charge is 0.0464 e. The monoisotopic (exact) mass is 288 g/mol. The van der Waals surface area contributed by atoms with Crippen LogP contribution in [0, 0.1) is 34.5 Å². The highest BCUT2D eigenvalue weighted by atomic mass is 16.3. The van der Waals surface area contributed by atoms with Gasteiger partial charge in [0, 0.05) is 6.61 Å². The van der Waals surface area contributed by atoms with Gasteiger partial charge in [-0.2, -0.15) is 0 Å². The van der Waals surface area contributed by atoms with E-state index in [2.05, 4.69) is 19.9 Å². The van der Waals surface area contributed by atoms with Crippen molar-refractivity contribution in [3.8, 4) is 0 Å². The first-order valence-electron chi connectivity index (χ1n) is 9.40. The van der Waals surface area contributed by atoms with E-state index in [-0.39, 0.29) is 0 Å². The van der Waals surface area contributed by atoms with Crippen molar-refractivity contribution < 1.29 is 5.11 Å². The number of rotatable bonds is 1. The summed E-state index contributed by atoms with van der Waals surface area (Å²) in [6, 6.07) is 0. The van der Waals surface area contributed by atoms with E-state index in [9.17, 15) is 5.11 Å². The summed E-state index contributed by atoms with van der Waals surface area (Å²) in [6.07, 6.45) is 15.0. The molecule has 1 N–H and O–H groups in total. The van der Waals surface area contributed by atoms with Crippen LogP contribution in [0.4, 0.5) is 0 Å². The Bertz CT molecular complexity index is 453. The van der Waals surface area contributed by atoms with Gasteiger partial charge in [-0.1, -0.05) is 25.5 Å². The van der Waals surface area contributed by atoms with Crippen LogP contribution in [0.25, 0.3) is 0 Å². The summed E-state index contributed by atoms with van der Waals surface area (Å²) in [6.45, 7) is 5.53. The lowest BCUT2D eigenvalue weighted by atomic mass is 9.47. The summed E-state index contributed by atoms with van der Waals surface area (Å²) in [7, 11) is 0. The Morgan fingerprint density at radius 1 is 1.10 bits per heavy atom. The Morgan fingerprint density at radius 3 is 2.76 bits per heavy atom. The van der Waals surface area contributed by atoms with Gasteiger partial charge in [-0.3, -0.25) is 0 Å². The Hall–Kier alpha value is -0.300. The third kappa shape index (κ3) is 1.85. The lowest BCUT2D eigenvalue weighted by Crippen LogP contribution is -2.50. The zero-order valence-electron chi connectivity index (χ0n) is 13.9. The van der Waals surface area contributed by atoms with Gasteiger partial charge in [-0.15, -0.1) is 0 Å². The number of aliphatic hydroxyl groups excluding tert-OH is 1. The molecule has 0 radical (unpaired) electrons. The molecule has 0 aromatic carbocycles. The van der Waals surface area contributed by atoms with Crippen LogP contribution in [0.15, 0.2) is 11.6 Å². The van der Waals surface area contributed by atoms with Crippen LogP contribution >= 0.6 is 0 Å². The first kappa shape index (κ1) is 14.3. The Kier molecular flexibility index (Phi) is 3.30. The van der Waals surface area contributed by atoms with E-state index < -0.39 is 0 Å². The second kappa shape index (κ2) is 4.85. The standard InChI is InChI=1S/C20H32O/c1-19-11-4-3-5-14(19)6-8-16-17-9-7-15(13-21)20(17,2)12-10-18(16)19/h5,15-18,21H,3-4,6-13H2,1-2H3/t15-,16+,17+,18+,19+,20-/m1/s1. The highest BCUT2D eigenvalue weighted by Gasteiger charge is 2.58. The average molecular weight is 288 g/mol. The third-order valence-corrected chi connectivity index (χ3v) is 8.44. The Labute approximate surface area is 130 Å². The highest BCUT2D eigenvalue weighted by Crippen LogP contribution is 2.66. The fourth-order valence-corrected chi connectivity index (χ4v) is 7.16. The van der Waals surface area contributed by atoms with Crippen molar-refractivity contribution in [2.24, 2.45) is 34.5 Å². The molecule has 0 saturated heterocycles. The van der Waals surface area contributed by atoms with Crippen molar-refractivity contribution >= 4 is 0 Å². The first-order valence-corrected chi connectivity index (χ1v) is 9.40. The van der Waals surface area contributed by atoms with Gasteiger partial charge in [-0.25, -0.2) is 0 Å². The van der Waals surface area contributed by atoms with Crippen LogP contribution in [0.2, 0.25) is 0 Å². The zero-order chi connectivity index (χ0) is 14.7. The molecule has 3 saturated carbocycles. The summed E-state index contributed by atoms with van der Waals surface area (Å²) in [5.41, 5.74) is 2.79. The van der Waals surface area contributed by atoms with E-state index >= 15 is 0 Å². The molecule has 4 rings (SSSR count). The van der Waals surface area contributed by atoms with Crippen molar-refractivity contribution in [2.75, 3.05) is 6.61 Å². The van der Waals surface area contributed by atoms with E-state index in [1.54, 1.807) is 0 Å². The second-order valence-corrected chi connectivity index (χ2v) is 8.96. The fourth-order valence-electron chi connectivity index (χ4n) is 7.16. The molecular weight excluding hydrogens is 256 g/mol. The van der Waals surface area contributed by atoms with Gasteiger partial charge in [0.15, 0.2) is 0 Å². The van der Waals surface area contributed by atoms with Crippen LogP contribution < -0.4 is 0 Å². The van der Waals surface area contributed by atoms with E-state index in [0.717, 1.165) is 17.8 Å². The third-order valence-electron chi connectivity index (χ3n) is 8.44. The molecule has 0 aromatic rings. The summed E-state index contributed by atoms with van der Waals surface area (Å²) < 4.78 is 0. The average Bonchev–Trinajstić information content (AvgIpc) is 2.83. The van der Waals surface area contributed by atoms with Crippen LogP contribution in [0.3, 0.4) is 0 Å². The highest BCUT2D eigenvalue weighted by molar-refractivity contribution is 5.23. The Morgan fingerprint density at radius 2 is 1.95 bits per heavy atom.